The molecule has 1 N–H and O–H groups in total. The second-order valence-corrected chi connectivity index (χ2v) is 5.43. The zero-order valence-electron chi connectivity index (χ0n) is 11.9. The van der Waals surface area contributed by atoms with Crippen LogP contribution < -0.4 is 0 Å². The molecule has 1 aromatic heterocycles. The van der Waals surface area contributed by atoms with E-state index in [-0.39, 0.29) is 6.10 Å². The largest absolute Gasteiger partial charge is 0.392 e. The van der Waals surface area contributed by atoms with E-state index in [4.69, 9.17) is 11.6 Å². The van der Waals surface area contributed by atoms with E-state index in [1.54, 1.807) is 4.68 Å². The normalized spacial score (nSPS) is 14.8. The molecule has 18 heavy (non-hydrogen) atoms. The molecule has 1 aromatic rings. The predicted molar refractivity (Wildman–Crippen MR) is 76.0 cm³/mol. The molecule has 0 aromatic carbocycles. The van der Waals surface area contributed by atoms with Crippen LogP contribution in [0.15, 0.2) is 0 Å². The number of aryl methyl sites for hydroxylation is 2. The molecule has 0 radical (unpaired) electrons. The molecule has 0 aliphatic carbocycles. The number of unbranched alkanes of at least 4 members (excludes halogenated alkanes) is 1. The van der Waals surface area contributed by atoms with Crippen LogP contribution in [0.1, 0.15) is 50.9 Å². The van der Waals surface area contributed by atoms with Crippen LogP contribution in [0.3, 0.4) is 0 Å². The topological polar surface area (TPSA) is 38.1 Å². The lowest BCUT2D eigenvalue weighted by atomic mass is 9.91. The second-order valence-electron chi connectivity index (χ2n) is 5.05. The first-order valence-electron chi connectivity index (χ1n) is 6.87. The average Bonchev–Trinajstić information content (AvgIpc) is 2.57. The average molecular weight is 273 g/mol. The van der Waals surface area contributed by atoms with Crippen LogP contribution in [0.4, 0.5) is 0 Å². The van der Waals surface area contributed by atoms with Crippen molar-refractivity contribution < 1.29 is 5.11 Å². The Balaban J connectivity index is 2.70. The first-order chi connectivity index (χ1) is 8.51. The van der Waals surface area contributed by atoms with Gasteiger partial charge in [0.1, 0.15) is 0 Å². The molecule has 2 unspecified atom stereocenters. The Morgan fingerprint density at radius 3 is 2.50 bits per heavy atom. The summed E-state index contributed by atoms with van der Waals surface area (Å²) in [6, 6.07) is 0. The monoisotopic (exact) mass is 272 g/mol. The van der Waals surface area contributed by atoms with Crippen molar-refractivity contribution in [3.8, 4) is 0 Å². The van der Waals surface area contributed by atoms with Crippen LogP contribution in [0, 0.1) is 12.8 Å². The number of aliphatic hydroxyl groups excluding tert-OH is 1. The van der Waals surface area contributed by atoms with E-state index in [9.17, 15) is 5.11 Å². The molecular formula is C14H25ClN2O. The van der Waals surface area contributed by atoms with Gasteiger partial charge in [0.05, 0.1) is 22.5 Å². The highest BCUT2D eigenvalue weighted by Crippen LogP contribution is 2.25. The van der Waals surface area contributed by atoms with Crippen LogP contribution in [-0.2, 0) is 13.5 Å². The minimum Gasteiger partial charge on any atom is -0.392 e. The lowest BCUT2D eigenvalue weighted by Gasteiger charge is -2.21. The van der Waals surface area contributed by atoms with E-state index in [0.29, 0.717) is 17.4 Å². The molecule has 0 saturated carbocycles. The van der Waals surface area contributed by atoms with Crippen LogP contribution in [0.5, 0.6) is 0 Å². The fourth-order valence-electron chi connectivity index (χ4n) is 2.40. The maximum Gasteiger partial charge on any atom is 0.0847 e. The molecule has 0 amide bonds. The number of nitrogens with zero attached hydrogens (tertiary/aromatic N) is 2. The molecule has 0 spiro atoms. The smallest absolute Gasteiger partial charge is 0.0847 e. The fraction of sp³-hybridized carbons (Fsp3) is 0.786. The predicted octanol–water partition coefficient (Wildman–Crippen LogP) is 3.50. The van der Waals surface area contributed by atoms with E-state index in [0.717, 1.165) is 24.2 Å². The minimum atomic E-state index is -0.325. The minimum absolute atomic E-state index is 0.325. The van der Waals surface area contributed by atoms with Gasteiger partial charge in [0.15, 0.2) is 0 Å². The highest BCUT2D eigenvalue weighted by molar-refractivity contribution is 6.31. The summed E-state index contributed by atoms with van der Waals surface area (Å²) in [5.41, 5.74) is 1.78. The van der Waals surface area contributed by atoms with Crippen molar-refractivity contribution in [3.05, 3.63) is 16.4 Å². The Morgan fingerprint density at radius 1 is 1.39 bits per heavy atom. The summed E-state index contributed by atoms with van der Waals surface area (Å²) >= 11 is 6.22. The van der Waals surface area contributed by atoms with Crippen LogP contribution >= 0.6 is 11.6 Å². The summed E-state index contributed by atoms with van der Waals surface area (Å²) in [6.07, 6.45) is 4.72. The molecule has 0 fully saturated rings. The summed E-state index contributed by atoms with van der Waals surface area (Å²) in [4.78, 5) is 0. The Kier molecular flexibility index (Phi) is 6.16. The summed E-state index contributed by atoms with van der Waals surface area (Å²) in [6.45, 7) is 6.21. The summed E-state index contributed by atoms with van der Waals surface area (Å²) in [7, 11) is 1.88. The van der Waals surface area contributed by atoms with Gasteiger partial charge in [-0.2, -0.15) is 5.10 Å². The van der Waals surface area contributed by atoms with Crippen molar-refractivity contribution in [1.29, 1.82) is 0 Å². The van der Waals surface area contributed by atoms with Gasteiger partial charge in [-0.05, 0) is 19.3 Å². The second kappa shape index (κ2) is 7.15. The number of aromatic nitrogens is 2. The van der Waals surface area contributed by atoms with Gasteiger partial charge in [-0.1, -0.05) is 44.7 Å². The lowest BCUT2D eigenvalue weighted by Crippen LogP contribution is -2.23. The van der Waals surface area contributed by atoms with Crippen molar-refractivity contribution in [3.63, 3.8) is 0 Å². The third-order valence-corrected chi connectivity index (χ3v) is 4.15. The van der Waals surface area contributed by atoms with Gasteiger partial charge >= 0.3 is 0 Å². The molecule has 1 heterocycles. The van der Waals surface area contributed by atoms with E-state index in [1.165, 1.54) is 12.8 Å². The van der Waals surface area contributed by atoms with Crippen molar-refractivity contribution in [2.75, 3.05) is 0 Å². The van der Waals surface area contributed by atoms with Crippen LogP contribution in [0.25, 0.3) is 0 Å². The SMILES string of the molecule is CCCCC(CC)C(O)Cc1c(Cl)c(C)nn1C. The molecule has 4 heteroatoms. The van der Waals surface area contributed by atoms with E-state index in [1.807, 2.05) is 14.0 Å². The number of halogens is 1. The maximum absolute atomic E-state index is 10.3. The van der Waals surface area contributed by atoms with Gasteiger partial charge < -0.3 is 5.11 Å². The van der Waals surface area contributed by atoms with Crippen molar-refractivity contribution in [2.45, 2.75) is 59.0 Å². The van der Waals surface area contributed by atoms with E-state index >= 15 is 0 Å². The maximum atomic E-state index is 10.3. The highest BCUT2D eigenvalue weighted by atomic mass is 35.5. The molecule has 1 rings (SSSR count). The quantitative estimate of drug-likeness (QED) is 0.825. The molecule has 0 aliphatic rings. The van der Waals surface area contributed by atoms with Gasteiger partial charge in [-0.15, -0.1) is 0 Å². The highest BCUT2D eigenvalue weighted by Gasteiger charge is 2.21. The Hall–Kier alpha value is -0.540. The number of rotatable bonds is 7. The molecule has 0 bridgehead atoms. The molecule has 3 nitrogen and oxygen atoms in total. The molecular weight excluding hydrogens is 248 g/mol. The van der Waals surface area contributed by atoms with Gasteiger partial charge in [0.25, 0.3) is 0 Å². The lowest BCUT2D eigenvalue weighted by molar-refractivity contribution is 0.0969. The Labute approximate surface area is 115 Å². The fourth-order valence-corrected chi connectivity index (χ4v) is 2.64. The van der Waals surface area contributed by atoms with E-state index < -0.39 is 0 Å². The number of hydrogen-bond donors (Lipinski definition) is 1. The summed E-state index contributed by atoms with van der Waals surface area (Å²) < 4.78 is 1.79. The molecule has 2 atom stereocenters. The Bertz CT molecular complexity index is 376. The third-order valence-electron chi connectivity index (χ3n) is 3.66. The summed E-state index contributed by atoms with van der Waals surface area (Å²) in [5, 5.41) is 15.3. The van der Waals surface area contributed by atoms with Gasteiger partial charge in [0, 0.05) is 13.5 Å². The van der Waals surface area contributed by atoms with Crippen molar-refractivity contribution in [1.82, 2.24) is 9.78 Å². The van der Waals surface area contributed by atoms with Gasteiger partial charge in [-0.25, -0.2) is 0 Å². The first kappa shape index (κ1) is 15.5. The standard InChI is InChI=1S/C14H25ClN2O/c1-5-7-8-11(6-2)13(18)9-12-14(15)10(3)16-17(12)4/h11,13,18H,5-9H2,1-4H3. The van der Waals surface area contributed by atoms with Crippen LogP contribution in [-0.4, -0.2) is 21.0 Å². The van der Waals surface area contributed by atoms with E-state index in [2.05, 4.69) is 18.9 Å². The van der Waals surface area contributed by atoms with Crippen LogP contribution in [0.2, 0.25) is 5.02 Å². The molecule has 0 saturated heterocycles. The molecule has 0 aliphatic heterocycles. The number of hydrogen-bond acceptors (Lipinski definition) is 2. The zero-order chi connectivity index (χ0) is 13.7. The molecule has 104 valence electrons. The number of aliphatic hydroxyl groups is 1. The van der Waals surface area contributed by atoms with Gasteiger partial charge in [-0.3, -0.25) is 4.68 Å². The van der Waals surface area contributed by atoms with Crippen molar-refractivity contribution in [2.24, 2.45) is 13.0 Å². The van der Waals surface area contributed by atoms with Gasteiger partial charge in [0.2, 0.25) is 0 Å². The Morgan fingerprint density at radius 2 is 2.06 bits per heavy atom. The first-order valence-corrected chi connectivity index (χ1v) is 7.25. The summed E-state index contributed by atoms with van der Waals surface area (Å²) in [5.74, 6) is 0.358. The third kappa shape index (κ3) is 3.72. The van der Waals surface area contributed by atoms with Crippen molar-refractivity contribution >= 4 is 11.6 Å². The zero-order valence-corrected chi connectivity index (χ0v) is 12.7.